The van der Waals surface area contributed by atoms with E-state index in [1.165, 1.54) is 5.56 Å². The number of amides is 1. The molecule has 0 saturated carbocycles. The molecule has 6 heteroatoms. The lowest BCUT2D eigenvalue weighted by Crippen LogP contribution is -2.32. The molecule has 0 bridgehead atoms. The molecule has 0 aliphatic rings. The van der Waals surface area contributed by atoms with Gasteiger partial charge in [0.25, 0.3) is 0 Å². The Bertz CT molecular complexity index is 695. The first-order valence-electron chi connectivity index (χ1n) is 6.99. The molecule has 0 radical (unpaired) electrons. The highest BCUT2D eigenvalue weighted by Crippen LogP contribution is 2.19. The Morgan fingerprint density at radius 3 is 2.95 bits per heavy atom. The third-order valence-electron chi connectivity index (χ3n) is 3.31. The number of nitrogens with zero attached hydrogens (tertiary/aromatic N) is 3. The molecule has 0 aliphatic carbocycles. The van der Waals surface area contributed by atoms with Gasteiger partial charge in [-0.15, -0.1) is 0 Å². The predicted molar refractivity (Wildman–Crippen MR) is 85.4 cm³/mol. The first kappa shape index (κ1) is 14.5. The zero-order valence-electron chi connectivity index (χ0n) is 11.9. The molecule has 0 aromatic carbocycles. The van der Waals surface area contributed by atoms with Crippen LogP contribution in [0.4, 0.5) is 0 Å². The number of hydrogen-bond acceptors (Lipinski definition) is 4. The zero-order valence-corrected chi connectivity index (χ0v) is 12.7. The lowest BCUT2D eigenvalue weighted by molar-refractivity contribution is -0.122. The normalized spacial score (nSPS) is 12.0. The van der Waals surface area contributed by atoms with Gasteiger partial charge >= 0.3 is 0 Å². The van der Waals surface area contributed by atoms with Crippen molar-refractivity contribution in [2.75, 3.05) is 0 Å². The van der Waals surface area contributed by atoms with Crippen molar-refractivity contribution in [3.05, 3.63) is 70.9 Å². The Morgan fingerprint density at radius 2 is 2.27 bits per heavy atom. The molecule has 3 heterocycles. The fourth-order valence-electron chi connectivity index (χ4n) is 2.26. The van der Waals surface area contributed by atoms with Gasteiger partial charge in [0.15, 0.2) is 0 Å². The molecule has 3 aromatic heterocycles. The van der Waals surface area contributed by atoms with E-state index in [2.05, 4.69) is 26.8 Å². The van der Waals surface area contributed by atoms with E-state index in [1.54, 1.807) is 46.9 Å². The minimum atomic E-state index is -0.0913. The van der Waals surface area contributed by atoms with E-state index in [0.717, 1.165) is 12.0 Å². The number of hydrogen-bond donors (Lipinski definition) is 1. The van der Waals surface area contributed by atoms with Crippen LogP contribution in [0.3, 0.4) is 0 Å². The van der Waals surface area contributed by atoms with Crippen LogP contribution in [0.2, 0.25) is 0 Å². The Labute approximate surface area is 132 Å². The number of thiophene rings is 1. The highest BCUT2D eigenvalue weighted by atomic mass is 32.1. The van der Waals surface area contributed by atoms with Crippen molar-refractivity contribution in [2.45, 2.75) is 19.0 Å². The second-order valence-corrected chi connectivity index (χ2v) is 5.73. The van der Waals surface area contributed by atoms with Gasteiger partial charge in [-0.05, 0) is 46.5 Å². The molecule has 0 saturated heterocycles. The van der Waals surface area contributed by atoms with Crippen molar-refractivity contribution in [3.8, 4) is 0 Å². The van der Waals surface area contributed by atoms with Gasteiger partial charge < -0.3 is 5.32 Å². The largest absolute Gasteiger partial charge is 0.347 e. The molecule has 0 spiro atoms. The zero-order chi connectivity index (χ0) is 15.2. The Morgan fingerprint density at radius 1 is 1.32 bits per heavy atom. The summed E-state index contributed by atoms with van der Waals surface area (Å²) in [5.74, 6) is -0.0622. The minimum absolute atomic E-state index is 0.0622. The van der Waals surface area contributed by atoms with Gasteiger partial charge in [0.05, 0.1) is 6.04 Å². The van der Waals surface area contributed by atoms with E-state index in [1.807, 2.05) is 17.5 Å². The molecule has 0 fully saturated rings. The number of aromatic nitrogens is 3. The molecular weight excluding hydrogens is 296 g/mol. The highest BCUT2D eigenvalue weighted by Gasteiger charge is 2.16. The van der Waals surface area contributed by atoms with E-state index >= 15 is 0 Å². The first-order valence-corrected chi connectivity index (χ1v) is 7.93. The van der Waals surface area contributed by atoms with Crippen LogP contribution in [0.5, 0.6) is 0 Å². The van der Waals surface area contributed by atoms with E-state index in [9.17, 15) is 4.79 Å². The third-order valence-corrected chi connectivity index (χ3v) is 4.04. The first-order chi connectivity index (χ1) is 10.8. The van der Waals surface area contributed by atoms with E-state index in [-0.39, 0.29) is 18.5 Å². The van der Waals surface area contributed by atoms with Crippen LogP contribution in [0.15, 0.2) is 59.8 Å². The van der Waals surface area contributed by atoms with Gasteiger partial charge in [0.1, 0.15) is 6.54 Å². The lowest BCUT2D eigenvalue weighted by Gasteiger charge is -2.18. The molecule has 3 aromatic rings. The van der Waals surface area contributed by atoms with E-state index in [4.69, 9.17) is 0 Å². The molecule has 0 unspecified atom stereocenters. The predicted octanol–water partition coefficient (Wildman–Crippen LogP) is 2.44. The third kappa shape index (κ3) is 3.79. The van der Waals surface area contributed by atoms with Crippen LogP contribution in [-0.4, -0.2) is 20.7 Å². The van der Waals surface area contributed by atoms with Gasteiger partial charge in [-0.25, -0.2) is 0 Å². The SMILES string of the molecule is O=C(Cn1cccn1)N[C@@H](Cc1ccsc1)c1cccnc1. The second-order valence-electron chi connectivity index (χ2n) is 4.95. The number of pyridine rings is 1. The molecule has 1 atom stereocenters. The van der Waals surface area contributed by atoms with Crippen LogP contribution >= 0.6 is 11.3 Å². The fourth-order valence-corrected chi connectivity index (χ4v) is 2.94. The Balaban J connectivity index is 1.72. The minimum Gasteiger partial charge on any atom is -0.347 e. The molecule has 1 N–H and O–H groups in total. The summed E-state index contributed by atoms with van der Waals surface area (Å²) in [6.07, 6.45) is 7.72. The van der Waals surface area contributed by atoms with Crippen molar-refractivity contribution < 1.29 is 4.79 Å². The van der Waals surface area contributed by atoms with Crippen molar-refractivity contribution in [1.29, 1.82) is 0 Å². The molecule has 1 amide bonds. The lowest BCUT2D eigenvalue weighted by atomic mass is 10.0. The smallest absolute Gasteiger partial charge is 0.242 e. The number of carbonyl (C=O) groups is 1. The van der Waals surface area contributed by atoms with Gasteiger partial charge in [0.2, 0.25) is 5.91 Å². The number of nitrogens with one attached hydrogen (secondary N) is 1. The fraction of sp³-hybridized carbons (Fsp3) is 0.188. The molecule has 0 aliphatic heterocycles. The maximum Gasteiger partial charge on any atom is 0.242 e. The highest BCUT2D eigenvalue weighted by molar-refractivity contribution is 7.07. The quantitative estimate of drug-likeness (QED) is 0.760. The second kappa shape index (κ2) is 7.00. The summed E-state index contributed by atoms with van der Waals surface area (Å²) in [7, 11) is 0. The average Bonchev–Trinajstić information content (AvgIpc) is 3.21. The van der Waals surface area contributed by atoms with Crippen LogP contribution < -0.4 is 5.32 Å². The summed E-state index contributed by atoms with van der Waals surface area (Å²) in [6.45, 7) is 0.216. The van der Waals surface area contributed by atoms with Gasteiger partial charge in [-0.3, -0.25) is 14.5 Å². The summed E-state index contributed by atoms with van der Waals surface area (Å²) in [5.41, 5.74) is 2.21. The van der Waals surface area contributed by atoms with Crippen molar-refractivity contribution in [1.82, 2.24) is 20.1 Å². The molecule has 5 nitrogen and oxygen atoms in total. The Hall–Kier alpha value is -2.47. The Kier molecular flexibility index (Phi) is 4.60. The molecule has 3 rings (SSSR count). The van der Waals surface area contributed by atoms with E-state index < -0.39 is 0 Å². The standard InChI is InChI=1S/C16H16N4OS/c21-16(11-20-7-2-6-18-20)19-15(9-13-4-8-22-12-13)14-3-1-5-17-10-14/h1-8,10,12,15H,9,11H2,(H,19,21)/t15-/m0/s1. The van der Waals surface area contributed by atoms with E-state index in [0.29, 0.717) is 0 Å². The summed E-state index contributed by atoms with van der Waals surface area (Å²) >= 11 is 1.66. The van der Waals surface area contributed by atoms with Crippen molar-refractivity contribution in [3.63, 3.8) is 0 Å². The number of rotatable bonds is 6. The summed E-state index contributed by atoms with van der Waals surface area (Å²) in [4.78, 5) is 16.4. The monoisotopic (exact) mass is 312 g/mol. The molecule has 22 heavy (non-hydrogen) atoms. The van der Waals surface area contributed by atoms with Gasteiger partial charge in [-0.1, -0.05) is 6.07 Å². The van der Waals surface area contributed by atoms with Crippen molar-refractivity contribution >= 4 is 17.2 Å². The average molecular weight is 312 g/mol. The summed E-state index contributed by atoms with van der Waals surface area (Å²) < 4.78 is 1.61. The van der Waals surface area contributed by atoms with Crippen LogP contribution in [0.25, 0.3) is 0 Å². The topological polar surface area (TPSA) is 59.8 Å². The van der Waals surface area contributed by atoms with Crippen molar-refractivity contribution in [2.24, 2.45) is 0 Å². The summed E-state index contributed by atoms with van der Waals surface area (Å²) in [5, 5.41) is 11.3. The maximum absolute atomic E-state index is 12.2. The molecular formula is C16H16N4OS. The van der Waals surface area contributed by atoms with Crippen LogP contribution in [0, 0.1) is 0 Å². The van der Waals surface area contributed by atoms with Crippen LogP contribution in [0.1, 0.15) is 17.2 Å². The van der Waals surface area contributed by atoms with Crippen LogP contribution in [-0.2, 0) is 17.8 Å². The maximum atomic E-state index is 12.2. The molecule has 112 valence electrons. The number of carbonyl (C=O) groups excluding carboxylic acids is 1. The van der Waals surface area contributed by atoms with Gasteiger partial charge in [0, 0.05) is 24.8 Å². The summed E-state index contributed by atoms with van der Waals surface area (Å²) in [6, 6.07) is 7.66. The van der Waals surface area contributed by atoms with Gasteiger partial charge in [-0.2, -0.15) is 16.4 Å².